The first-order valence-corrected chi connectivity index (χ1v) is 9.22. The van der Waals surface area contributed by atoms with E-state index in [0.29, 0.717) is 25.5 Å². The molecule has 144 valence electrons. The Morgan fingerprint density at radius 2 is 2.07 bits per heavy atom. The first-order valence-electron chi connectivity index (χ1n) is 9.22. The molecule has 1 N–H and O–H groups in total. The molecule has 0 bridgehead atoms. The summed E-state index contributed by atoms with van der Waals surface area (Å²) >= 11 is 0. The Bertz CT molecular complexity index is 754. The van der Waals surface area contributed by atoms with Crippen molar-refractivity contribution in [3.8, 4) is 11.5 Å². The fourth-order valence-electron chi connectivity index (χ4n) is 3.37. The van der Waals surface area contributed by atoms with Gasteiger partial charge in [-0.15, -0.1) is 0 Å². The minimum atomic E-state index is -0.0465. The van der Waals surface area contributed by atoms with Crippen LogP contribution in [0.3, 0.4) is 0 Å². The van der Waals surface area contributed by atoms with Crippen LogP contribution in [0.2, 0.25) is 0 Å². The number of nitrogens with zero attached hydrogens (tertiary/aromatic N) is 3. The van der Waals surface area contributed by atoms with Crippen LogP contribution in [-0.2, 0) is 11.2 Å². The van der Waals surface area contributed by atoms with Gasteiger partial charge in [0.15, 0.2) is 0 Å². The number of nitrogens with one attached hydrogen (secondary N) is 1. The molecule has 1 atom stereocenters. The molecular weight excluding hydrogens is 344 g/mol. The topological polar surface area (TPSA) is 76.6 Å². The van der Waals surface area contributed by atoms with Gasteiger partial charge in [0.1, 0.15) is 11.5 Å². The highest BCUT2D eigenvalue weighted by Gasteiger charge is 2.26. The third-order valence-corrected chi connectivity index (χ3v) is 4.81. The van der Waals surface area contributed by atoms with Gasteiger partial charge in [0.2, 0.25) is 11.9 Å². The molecule has 1 amide bonds. The van der Waals surface area contributed by atoms with Crippen LogP contribution in [0.25, 0.3) is 0 Å². The van der Waals surface area contributed by atoms with Crippen molar-refractivity contribution in [3.05, 3.63) is 42.2 Å². The van der Waals surface area contributed by atoms with E-state index in [4.69, 9.17) is 9.47 Å². The highest BCUT2D eigenvalue weighted by molar-refractivity contribution is 5.79. The van der Waals surface area contributed by atoms with Crippen molar-refractivity contribution in [2.45, 2.75) is 19.3 Å². The molecule has 7 heteroatoms. The molecule has 1 aliphatic rings. The molecule has 1 fully saturated rings. The number of carbonyl (C=O) groups excluding carboxylic acids is 1. The summed E-state index contributed by atoms with van der Waals surface area (Å²) in [5.74, 6) is 2.31. The van der Waals surface area contributed by atoms with Crippen LogP contribution in [-0.4, -0.2) is 49.7 Å². The van der Waals surface area contributed by atoms with Gasteiger partial charge in [0.25, 0.3) is 0 Å². The van der Waals surface area contributed by atoms with E-state index in [0.717, 1.165) is 36.4 Å². The van der Waals surface area contributed by atoms with E-state index < -0.39 is 0 Å². The van der Waals surface area contributed by atoms with Gasteiger partial charge in [-0.25, -0.2) is 9.97 Å². The molecule has 0 saturated carbocycles. The molecule has 3 rings (SSSR count). The van der Waals surface area contributed by atoms with Crippen molar-refractivity contribution in [2.24, 2.45) is 5.92 Å². The van der Waals surface area contributed by atoms with E-state index in [-0.39, 0.29) is 11.8 Å². The molecule has 1 aliphatic heterocycles. The highest BCUT2D eigenvalue weighted by Crippen LogP contribution is 2.24. The SMILES string of the molecule is COc1ccc(OC)c(CCNC(=O)C2CCCN(c3ncccn3)C2)c1. The molecular formula is C20H26N4O3. The van der Waals surface area contributed by atoms with Crippen LogP contribution < -0.4 is 19.7 Å². The number of amides is 1. The van der Waals surface area contributed by atoms with Gasteiger partial charge in [-0.2, -0.15) is 0 Å². The van der Waals surface area contributed by atoms with E-state index in [9.17, 15) is 4.79 Å². The maximum Gasteiger partial charge on any atom is 0.225 e. The molecule has 2 aromatic rings. The summed E-state index contributed by atoms with van der Waals surface area (Å²) < 4.78 is 10.7. The Balaban J connectivity index is 1.53. The maximum absolute atomic E-state index is 12.6. The maximum atomic E-state index is 12.6. The largest absolute Gasteiger partial charge is 0.497 e. The summed E-state index contributed by atoms with van der Waals surface area (Å²) in [5, 5.41) is 3.06. The molecule has 1 aromatic carbocycles. The van der Waals surface area contributed by atoms with E-state index in [1.54, 1.807) is 32.7 Å². The van der Waals surface area contributed by atoms with Crippen molar-refractivity contribution in [1.82, 2.24) is 15.3 Å². The molecule has 1 saturated heterocycles. The number of hydrogen-bond acceptors (Lipinski definition) is 6. The predicted molar refractivity (Wildman–Crippen MR) is 103 cm³/mol. The molecule has 0 spiro atoms. The average Bonchev–Trinajstić information content (AvgIpc) is 2.74. The second-order valence-corrected chi connectivity index (χ2v) is 6.55. The lowest BCUT2D eigenvalue weighted by atomic mass is 9.97. The standard InChI is InChI=1S/C20H26N4O3/c1-26-17-6-7-18(27-2)15(13-17)8-11-21-19(25)16-5-3-12-24(14-16)20-22-9-4-10-23-20/h4,6-7,9-10,13,16H,3,5,8,11-12,14H2,1-2H3,(H,21,25). The van der Waals surface area contributed by atoms with E-state index in [1.165, 1.54) is 0 Å². The second kappa shape index (κ2) is 9.21. The van der Waals surface area contributed by atoms with Crippen LogP contribution in [0.1, 0.15) is 18.4 Å². The van der Waals surface area contributed by atoms with Gasteiger partial charge in [-0.05, 0) is 49.1 Å². The van der Waals surface area contributed by atoms with Crippen LogP contribution >= 0.6 is 0 Å². The molecule has 7 nitrogen and oxygen atoms in total. The lowest BCUT2D eigenvalue weighted by Gasteiger charge is -2.31. The molecule has 1 aromatic heterocycles. The first-order chi connectivity index (χ1) is 13.2. The van der Waals surface area contributed by atoms with Gasteiger partial charge in [-0.3, -0.25) is 4.79 Å². The third-order valence-electron chi connectivity index (χ3n) is 4.81. The van der Waals surface area contributed by atoms with Gasteiger partial charge < -0.3 is 19.7 Å². The molecule has 27 heavy (non-hydrogen) atoms. The summed E-state index contributed by atoms with van der Waals surface area (Å²) in [6.45, 7) is 2.09. The van der Waals surface area contributed by atoms with Crippen molar-refractivity contribution in [1.29, 1.82) is 0 Å². The zero-order valence-corrected chi connectivity index (χ0v) is 15.9. The van der Waals surface area contributed by atoms with Crippen molar-refractivity contribution in [2.75, 3.05) is 38.8 Å². The molecule has 0 radical (unpaired) electrons. The summed E-state index contributed by atoms with van der Waals surface area (Å²) in [6, 6.07) is 7.49. The normalized spacial score (nSPS) is 16.7. The van der Waals surface area contributed by atoms with E-state index in [1.807, 2.05) is 18.2 Å². The lowest BCUT2D eigenvalue weighted by Crippen LogP contribution is -2.44. The Kier molecular flexibility index (Phi) is 6.46. The lowest BCUT2D eigenvalue weighted by molar-refractivity contribution is -0.125. The molecule has 2 heterocycles. The van der Waals surface area contributed by atoms with Gasteiger partial charge in [0, 0.05) is 32.0 Å². The number of piperidine rings is 1. The quantitative estimate of drug-likeness (QED) is 0.804. The smallest absolute Gasteiger partial charge is 0.225 e. The zero-order valence-electron chi connectivity index (χ0n) is 15.9. The van der Waals surface area contributed by atoms with E-state index >= 15 is 0 Å². The number of methoxy groups -OCH3 is 2. The van der Waals surface area contributed by atoms with Crippen LogP contribution in [0.4, 0.5) is 5.95 Å². The fraction of sp³-hybridized carbons (Fsp3) is 0.450. The highest BCUT2D eigenvalue weighted by atomic mass is 16.5. The van der Waals surface area contributed by atoms with Crippen LogP contribution in [0.5, 0.6) is 11.5 Å². The number of aromatic nitrogens is 2. The molecule has 1 unspecified atom stereocenters. The summed E-state index contributed by atoms with van der Waals surface area (Å²) in [7, 11) is 3.28. The Morgan fingerprint density at radius 1 is 1.26 bits per heavy atom. The number of rotatable bonds is 7. The van der Waals surface area contributed by atoms with Crippen LogP contribution in [0, 0.1) is 5.92 Å². The molecule has 0 aliphatic carbocycles. The van der Waals surface area contributed by atoms with Crippen molar-refractivity contribution in [3.63, 3.8) is 0 Å². The Morgan fingerprint density at radius 3 is 2.81 bits per heavy atom. The van der Waals surface area contributed by atoms with Gasteiger partial charge in [0.05, 0.1) is 20.1 Å². The summed E-state index contributed by atoms with van der Waals surface area (Å²) in [6.07, 6.45) is 5.99. The second-order valence-electron chi connectivity index (χ2n) is 6.55. The average molecular weight is 370 g/mol. The number of anilines is 1. The Hall–Kier alpha value is -2.83. The van der Waals surface area contributed by atoms with Gasteiger partial charge >= 0.3 is 0 Å². The first kappa shape index (κ1) is 18.9. The number of benzene rings is 1. The van der Waals surface area contributed by atoms with Crippen molar-refractivity contribution >= 4 is 11.9 Å². The number of hydrogen-bond donors (Lipinski definition) is 1. The monoisotopic (exact) mass is 370 g/mol. The number of carbonyl (C=O) groups is 1. The van der Waals surface area contributed by atoms with Crippen molar-refractivity contribution < 1.29 is 14.3 Å². The van der Waals surface area contributed by atoms with E-state index in [2.05, 4.69) is 20.2 Å². The zero-order chi connectivity index (χ0) is 19.1. The number of ether oxygens (including phenoxy) is 2. The minimum absolute atomic E-state index is 0.0465. The Labute approximate surface area is 159 Å². The summed E-state index contributed by atoms with van der Waals surface area (Å²) in [4.78, 5) is 23.3. The summed E-state index contributed by atoms with van der Waals surface area (Å²) in [5.41, 5.74) is 1.01. The van der Waals surface area contributed by atoms with Crippen LogP contribution in [0.15, 0.2) is 36.7 Å². The predicted octanol–water partition coefficient (Wildman–Crippen LogP) is 2.07. The third kappa shape index (κ3) is 4.87. The minimum Gasteiger partial charge on any atom is -0.497 e. The van der Waals surface area contributed by atoms with Gasteiger partial charge in [-0.1, -0.05) is 0 Å². The fourth-order valence-corrected chi connectivity index (χ4v) is 3.37.